The number of nitrogens with zero attached hydrogens (tertiary/aromatic N) is 1. The highest BCUT2D eigenvalue weighted by Gasteiger charge is 2.38. The normalized spacial score (nSPS) is 20.8. The number of likely N-dealkylation sites (tertiary alicyclic amines) is 1. The molecule has 1 heterocycles. The molecular weight excluding hydrogens is 302 g/mol. The Bertz CT molecular complexity index is 600. The zero-order chi connectivity index (χ0) is 17.9. The number of hydrogen-bond donors (Lipinski definition) is 0. The second-order valence-corrected chi connectivity index (χ2v) is 6.96. The van der Waals surface area contributed by atoms with E-state index in [0.29, 0.717) is 19.6 Å². The van der Waals surface area contributed by atoms with Crippen LogP contribution in [0.5, 0.6) is 0 Å². The molecule has 0 radical (unpaired) electrons. The van der Waals surface area contributed by atoms with Gasteiger partial charge in [0.2, 0.25) is 5.91 Å². The van der Waals surface area contributed by atoms with Gasteiger partial charge in [-0.1, -0.05) is 24.6 Å². The lowest BCUT2D eigenvalue weighted by atomic mass is 9.89. The number of ether oxygens (including phenoxy) is 1. The molecule has 0 bridgehead atoms. The van der Waals surface area contributed by atoms with E-state index in [4.69, 9.17) is 4.74 Å². The van der Waals surface area contributed by atoms with E-state index in [9.17, 15) is 9.59 Å². The molecule has 1 aliphatic rings. The maximum atomic E-state index is 12.9. The van der Waals surface area contributed by atoms with Gasteiger partial charge in [0, 0.05) is 6.54 Å². The van der Waals surface area contributed by atoms with Crippen LogP contribution in [-0.2, 0) is 20.7 Å². The van der Waals surface area contributed by atoms with Crippen molar-refractivity contribution in [2.45, 2.75) is 59.9 Å². The molecule has 0 N–H and O–H groups in total. The summed E-state index contributed by atoms with van der Waals surface area (Å²) in [6.07, 6.45) is 2.24. The lowest BCUT2D eigenvalue weighted by Crippen LogP contribution is -2.53. The average molecular weight is 331 g/mol. The van der Waals surface area contributed by atoms with Gasteiger partial charge in [0.1, 0.15) is 6.04 Å². The van der Waals surface area contributed by atoms with Gasteiger partial charge in [-0.05, 0) is 63.1 Å². The SMILES string of the molecule is CCOC(=O)C1C(C)CCCN1C(=O)Cc1c(C)cc(C)cc1C. The fourth-order valence-electron chi connectivity index (χ4n) is 3.80. The molecule has 1 aliphatic heterocycles. The Morgan fingerprint density at radius 2 is 1.83 bits per heavy atom. The summed E-state index contributed by atoms with van der Waals surface area (Å²) in [6.45, 7) is 11.0. The Labute approximate surface area is 145 Å². The van der Waals surface area contributed by atoms with E-state index in [1.54, 1.807) is 11.8 Å². The summed E-state index contributed by atoms with van der Waals surface area (Å²) < 4.78 is 5.21. The smallest absolute Gasteiger partial charge is 0.329 e. The first kappa shape index (κ1) is 18.5. The molecule has 2 rings (SSSR count). The van der Waals surface area contributed by atoms with Crippen molar-refractivity contribution >= 4 is 11.9 Å². The first-order chi connectivity index (χ1) is 11.3. The van der Waals surface area contributed by atoms with E-state index >= 15 is 0 Å². The number of hydrogen-bond acceptors (Lipinski definition) is 3. The molecular formula is C20H29NO3. The molecule has 1 aromatic carbocycles. The van der Waals surface area contributed by atoms with Gasteiger partial charge in [0.15, 0.2) is 0 Å². The molecule has 0 spiro atoms. The molecule has 2 unspecified atom stereocenters. The molecule has 0 aliphatic carbocycles. The van der Waals surface area contributed by atoms with Gasteiger partial charge in [-0.15, -0.1) is 0 Å². The van der Waals surface area contributed by atoms with Gasteiger partial charge in [0.25, 0.3) is 0 Å². The summed E-state index contributed by atoms with van der Waals surface area (Å²) in [5.41, 5.74) is 4.56. The zero-order valence-electron chi connectivity index (χ0n) is 15.5. The maximum absolute atomic E-state index is 12.9. The number of aryl methyl sites for hydroxylation is 3. The second kappa shape index (κ2) is 7.82. The van der Waals surface area contributed by atoms with Crippen molar-refractivity contribution in [3.8, 4) is 0 Å². The Morgan fingerprint density at radius 1 is 1.21 bits per heavy atom. The Morgan fingerprint density at radius 3 is 2.42 bits per heavy atom. The lowest BCUT2D eigenvalue weighted by molar-refractivity contribution is -0.159. The fourth-order valence-corrected chi connectivity index (χ4v) is 3.80. The Kier molecular flexibility index (Phi) is 6.03. The van der Waals surface area contributed by atoms with Gasteiger partial charge in [-0.3, -0.25) is 4.79 Å². The van der Waals surface area contributed by atoms with Crippen molar-refractivity contribution in [1.82, 2.24) is 4.90 Å². The molecule has 2 atom stereocenters. The van der Waals surface area contributed by atoms with Gasteiger partial charge in [-0.25, -0.2) is 4.79 Å². The highest BCUT2D eigenvalue weighted by atomic mass is 16.5. The molecule has 1 aromatic rings. The Hall–Kier alpha value is -1.84. The number of piperidine rings is 1. The first-order valence-electron chi connectivity index (χ1n) is 8.88. The van der Waals surface area contributed by atoms with Gasteiger partial charge >= 0.3 is 5.97 Å². The molecule has 0 aromatic heterocycles. The predicted octanol–water partition coefficient (Wildman–Crippen LogP) is 3.34. The number of carbonyl (C=O) groups excluding carboxylic acids is 2. The fraction of sp³-hybridized carbons (Fsp3) is 0.600. The number of rotatable bonds is 4. The second-order valence-electron chi connectivity index (χ2n) is 6.96. The van der Waals surface area contributed by atoms with Gasteiger partial charge < -0.3 is 9.64 Å². The van der Waals surface area contributed by atoms with Crippen molar-refractivity contribution in [2.75, 3.05) is 13.2 Å². The molecule has 4 nitrogen and oxygen atoms in total. The molecule has 0 saturated carbocycles. The standard InChI is InChI=1S/C20H29NO3/c1-6-24-20(23)19-14(3)8-7-9-21(19)18(22)12-17-15(4)10-13(2)11-16(17)5/h10-11,14,19H,6-9,12H2,1-5H3. The number of carbonyl (C=O) groups is 2. The quantitative estimate of drug-likeness (QED) is 0.795. The summed E-state index contributed by atoms with van der Waals surface area (Å²) >= 11 is 0. The minimum absolute atomic E-state index is 0.0228. The van der Waals surface area contributed by atoms with Crippen LogP contribution in [0.25, 0.3) is 0 Å². The third-order valence-corrected chi connectivity index (χ3v) is 4.95. The summed E-state index contributed by atoms with van der Waals surface area (Å²) in [5, 5.41) is 0. The maximum Gasteiger partial charge on any atom is 0.329 e. The average Bonchev–Trinajstić information content (AvgIpc) is 2.50. The van der Waals surface area contributed by atoms with Crippen LogP contribution in [0.3, 0.4) is 0 Å². The highest BCUT2D eigenvalue weighted by molar-refractivity contribution is 5.86. The van der Waals surface area contributed by atoms with Crippen molar-refractivity contribution in [2.24, 2.45) is 5.92 Å². The minimum atomic E-state index is -0.447. The van der Waals surface area contributed by atoms with E-state index in [1.807, 2.05) is 20.8 Å². The zero-order valence-corrected chi connectivity index (χ0v) is 15.5. The summed E-state index contributed by atoms with van der Waals surface area (Å²) in [4.78, 5) is 27.0. The van der Waals surface area contributed by atoms with Crippen LogP contribution in [0.4, 0.5) is 0 Å². The summed E-state index contributed by atoms with van der Waals surface area (Å²) in [5.74, 6) is -0.105. The number of esters is 1. The molecule has 1 amide bonds. The van der Waals surface area contributed by atoms with E-state index in [1.165, 1.54) is 5.56 Å². The van der Waals surface area contributed by atoms with Crippen LogP contribution < -0.4 is 0 Å². The van der Waals surface area contributed by atoms with Gasteiger partial charge in [-0.2, -0.15) is 0 Å². The van der Waals surface area contributed by atoms with Crippen LogP contribution in [0.1, 0.15) is 48.9 Å². The molecule has 4 heteroatoms. The van der Waals surface area contributed by atoms with Crippen molar-refractivity contribution < 1.29 is 14.3 Å². The van der Waals surface area contributed by atoms with Crippen molar-refractivity contribution in [1.29, 1.82) is 0 Å². The van der Waals surface area contributed by atoms with E-state index in [2.05, 4.69) is 19.1 Å². The number of benzene rings is 1. The van der Waals surface area contributed by atoms with Crippen LogP contribution in [0.2, 0.25) is 0 Å². The lowest BCUT2D eigenvalue weighted by Gasteiger charge is -2.38. The van der Waals surface area contributed by atoms with E-state index in [0.717, 1.165) is 29.5 Å². The van der Waals surface area contributed by atoms with E-state index < -0.39 is 6.04 Å². The summed E-state index contributed by atoms with van der Waals surface area (Å²) in [6, 6.07) is 3.77. The van der Waals surface area contributed by atoms with Crippen LogP contribution >= 0.6 is 0 Å². The molecule has 132 valence electrons. The monoisotopic (exact) mass is 331 g/mol. The third kappa shape index (κ3) is 3.97. The molecule has 24 heavy (non-hydrogen) atoms. The van der Waals surface area contributed by atoms with Gasteiger partial charge in [0.05, 0.1) is 13.0 Å². The first-order valence-corrected chi connectivity index (χ1v) is 8.88. The minimum Gasteiger partial charge on any atom is -0.464 e. The predicted molar refractivity (Wildman–Crippen MR) is 94.9 cm³/mol. The van der Waals surface area contributed by atoms with Crippen molar-refractivity contribution in [3.05, 3.63) is 34.4 Å². The number of amides is 1. The topological polar surface area (TPSA) is 46.6 Å². The summed E-state index contributed by atoms with van der Waals surface area (Å²) in [7, 11) is 0. The molecule has 1 fully saturated rings. The third-order valence-electron chi connectivity index (χ3n) is 4.95. The molecule has 1 saturated heterocycles. The Balaban J connectivity index is 2.22. The van der Waals surface area contributed by atoms with E-state index in [-0.39, 0.29) is 17.8 Å². The van der Waals surface area contributed by atoms with Crippen LogP contribution in [0.15, 0.2) is 12.1 Å². The largest absolute Gasteiger partial charge is 0.464 e. The van der Waals surface area contributed by atoms with Crippen LogP contribution in [0, 0.1) is 26.7 Å². The van der Waals surface area contributed by atoms with Crippen molar-refractivity contribution in [3.63, 3.8) is 0 Å². The van der Waals surface area contributed by atoms with Crippen LogP contribution in [-0.4, -0.2) is 36.0 Å². The highest BCUT2D eigenvalue weighted by Crippen LogP contribution is 2.26.